The van der Waals surface area contributed by atoms with E-state index in [0.717, 1.165) is 19.3 Å². The number of carbonyl (C=O) groups excluding carboxylic acids is 1. The summed E-state index contributed by atoms with van der Waals surface area (Å²) in [7, 11) is 0. The van der Waals surface area contributed by atoms with Crippen LogP contribution in [-0.4, -0.2) is 34.5 Å². The average Bonchev–Trinajstić information content (AvgIpc) is 2.71. The van der Waals surface area contributed by atoms with Crippen molar-refractivity contribution in [1.82, 2.24) is 0 Å². The number of fused-ring (bicyclic) bond motifs is 1. The minimum absolute atomic E-state index is 0.0779. The van der Waals surface area contributed by atoms with Gasteiger partial charge in [0.1, 0.15) is 6.10 Å². The van der Waals surface area contributed by atoms with Crippen LogP contribution < -0.4 is 0 Å². The lowest BCUT2D eigenvalue weighted by atomic mass is 9.87. The molecule has 2 rings (SSSR count). The maximum atomic E-state index is 11.2. The molecule has 98 valence electrons. The van der Waals surface area contributed by atoms with Crippen LogP contribution in [0.15, 0.2) is 0 Å². The predicted molar refractivity (Wildman–Crippen MR) is 62.2 cm³/mol. The van der Waals surface area contributed by atoms with Gasteiger partial charge in [0, 0.05) is 12.3 Å². The van der Waals surface area contributed by atoms with Crippen LogP contribution >= 0.6 is 0 Å². The highest BCUT2D eigenvalue weighted by Gasteiger charge is 2.49. The lowest BCUT2D eigenvalue weighted by Crippen LogP contribution is -2.22. The highest BCUT2D eigenvalue weighted by atomic mass is 16.6. The second-order valence-electron chi connectivity index (χ2n) is 5.38. The van der Waals surface area contributed by atoms with E-state index in [1.54, 1.807) is 0 Å². The van der Waals surface area contributed by atoms with Crippen LogP contribution in [0.25, 0.3) is 0 Å². The second kappa shape index (κ2) is 5.36. The molecule has 0 spiro atoms. The second-order valence-corrected chi connectivity index (χ2v) is 5.38. The first-order chi connectivity index (χ1) is 8.11. The van der Waals surface area contributed by atoms with E-state index < -0.39 is 0 Å². The molecule has 17 heavy (non-hydrogen) atoms. The SMILES string of the molecule is CCCC(O)CC[C@@H]1[C@H]2CC(=O)O[C@H]2C[C@H]1O. The van der Waals surface area contributed by atoms with Crippen molar-refractivity contribution in [1.29, 1.82) is 0 Å². The Morgan fingerprint density at radius 3 is 2.94 bits per heavy atom. The third kappa shape index (κ3) is 2.80. The van der Waals surface area contributed by atoms with E-state index in [1.165, 1.54) is 0 Å². The molecular weight excluding hydrogens is 220 g/mol. The molecule has 2 fully saturated rings. The Balaban J connectivity index is 1.85. The largest absolute Gasteiger partial charge is 0.462 e. The van der Waals surface area contributed by atoms with Crippen molar-refractivity contribution >= 4 is 5.97 Å². The highest BCUT2D eigenvalue weighted by Crippen LogP contribution is 2.43. The van der Waals surface area contributed by atoms with Gasteiger partial charge in [0.25, 0.3) is 0 Å². The fraction of sp³-hybridized carbons (Fsp3) is 0.923. The van der Waals surface area contributed by atoms with E-state index in [0.29, 0.717) is 19.3 Å². The molecule has 0 amide bonds. The van der Waals surface area contributed by atoms with Gasteiger partial charge in [-0.15, -0.1) is 0 Å². The van der Waals surface area contributed by atoms with Gasteiger partial charge in [-0.2, -0.15) is 0 Å². The minimum Gasteiger partial charge on any atom is -0.462 e. The van der Waals surface area contributed by atoms with E-state index in [-0.39, 0.29) is 36.1 Å². The molecule has 1 unspecified atom stereocenters. The Kier molecular flexibility index (Phi) is 4.05. The van der Waals surface area contributed by atoms with Gasteiger partial charge in [-0.05, 0) is 25.2 Å². The first kappa shape index (κ1) is 12.8. The van der Waals surface area contributed by atoms with Gasteiger partial charge in [0.05, 0.1) is 18.6 Å². The van der Waals surface area contributed by atoms with Crippen LogP contribution in [0.5, 0.6) is 0 Å². The standard InChI is InChI=1S/C13H22O4/c1-2-3-8(14)4-5-9-10-6-13(16)17-12(10)7-11(9)15/h8-12,14-15H,2-7H2,1H3/t8?,9-,10-,11-,12+/m1/s1. The summed E-state index contributed by atoms with van der Waals surface area (Å²) in [6.07, 6.45) is 3.59. The summed E-state index contributed by atoms with van der Waals surface area (Å²) in [6.45, 7) is 2.05. The van der Waals surface area contributed by atoms with Crippen molar-refractivity contribution in [3.8, 4) is 0 Å². The quantitative estimate of drug-likeness (QED) is 0.712. The summed E-state index contributed by atoms with van der Waals surface area (Å²) < 4.78 is 5.18. The van der Waals surface area contributed by atoms with Gasteiger partial charge >= 0.3 is 5.97 Å². The zero-order valence-electron chi connectivity index (χ0n) is 10.3. The summed E-state index contributed by atoms with van der Waals surface area (Å²) in [4.78, 5) is 11.2. The summed E-state index contributed by atoms with van der Waals surface area (Å²) in [5.74, 6) is 0.162. The Labute approximate surface area is 102 Å². The molecule has 1 aliphatic heterocycles. The van der Waals surface area contributed by atoms with Gasteiger partial charge < -0.3 is 14.9 Å². The van der Waals surface area contributed by atoms with Crippen LogP contribution in [0, 0.1) is 11.8 Å². The fourth-order valence-electron chi connectivity index (χ4n) is 3.25. The van der Waals surface area contributed by atoms with Crippen molar-refractivity contribution < 1.29 is 19.7 Å². The molecule has 5 atom stereocenters. The molecule has 0 aromatic heterocycles. The summed E-state index contributed by atoms with van der Waals surface area (Å²) >= 11 is 0. The van der Waals surface area contributed by atoms with Crippen molar-refractivity contribution in [2.45, 2.75) is 63.8 Å². The van der Waals surface area contributed by atoms with E-state index in [4.69, 9.17) is 4.74 Å². The summed E-state index contributed by atoms with van der Waals surface area (Å²) in [5, 5.41) is 19.7. The minimum atomic E-state index is -0.369. The van der Waals surface area contributed by atoms with Gasteiger partial charge in [-0.25, -0.2) is 0 Å². The van der Waals surface area contributed by atoms with E-state index in [1.807, 2.05) is 6.92 Å². The molecule has 1 saturated carbocycles. The maximum absolute atomic E-state index is 11.2. The van der Waals surface area contributed by atoms with Crippen LogP contribution in [0.4, 0.5) is 0 Å². The van der Waals surface area contributed by atoms with Gasteiger partial charge in [0.2, 0.25) is 0 Å². The third-order valence-corrected chi connectivity index (χ3v) is 4.14. The van der Waals surface area contributed by atoms with Crippen molar-refractivity contribution in [2.24, 2.45) is 11.8 Å². The number of rotatable bonds is 5. The lowest BCUT2D eigenvalue weighted by molar-refractivity contribution is -0.141. The smallest absolute Gasteiger partial charge is 0.306 e. The molecule has 1 aliphatic carbocycles. The molecule has 4 heteroatoms. The number of aliphatic hydroxyl groups excluding tert-OH is 2. The van der Waals surface area contributed by atoms with Crippen molar-refractivity contribution in [3.05, 3.63) is 0 Å². The molecule has 0 aromatic carbocycles. The van der Waals surface area contributed by atoms with Gasteiger partial charge in [-0.3, -0.25) is 4.79 Å². The molecule has 0 bridgehead atoms. The number of hydrogen-bond acceptors (Lipinski definition) is 4. The number of hydrogen-bond donors (Lipinski definition) is 2. The maximum Gasteiger partial charge on any atom is 0.306 e. The zero-order valence-corrected chi connectivity index (χ0v) is 10.3. The number of esters is 1. The predicted octanol–water partition coefficient (Wildman–Crippen LogP) is 1.24. The zero-order chi connectivity index (χ0) is 12.4. The molecular formula is C13H22O4. The van der Waals surface area contributed by atoms with Crippen LogP contribution in [0.2, 0.25) is 0 Å². The van der Waals surface area contributed by atoms with Gasteiger partial charge in [-0.1, -0.05) is 13.3 Å². The van der Waals surface area contributed by atoms with Crippen LogP contribution in [0.1, 0.15) is 45.4 Å². The highest BCUT2D eigenvalue weighted by molar-refractivity contribution is 5.72. The fourth-order valence-corrected chi connectivity index (χ4v) is 3.25. The molecule has 1 saturated heterocycles. The molecule has 2 N–H and O–H groups in total. The molecule has 0 radical (unpaired) electrons. The van der Waals surface area contributed by atoms with E-state index in [2.05, 4.69) is 0 Å². The normalized spacial score (nSPS) is 37.9. The Bertz CT molecular complexity index is 279. The molecule has 4 nitrogen and oxygen atoms in total. The number of carbonyl (C=O) groups is 1. The first-order valence-electron chi connectivity index (χ1n) is 6.67. The summed E-state index contributed by atoms with van der Waals surface area (Å²) in [5.41, 5.74) is 0. The average molecular weight is 242 g/mol. The first-order valence-corrected chi connectivity index (χ1v) is 6.67. The van der Waals surface area contributed by atoms with Crippen molar-refractivity contribution in [2.75, 3.05) is 0 Å². The molecule has 1 heterocycles. The Morgan fingerprint density at radius 1 is 1.47 bits per heavy atom. The summed E-state index contributed by atoms with van der Waals surface area (Å²) in [6, 6.07) is 0. The third-order valence-electron chi connectivity index (χ3n) is 4.14. The Hall–Kier alpha value is -0.610. The van der Waals surface area contributed by atoms with E-state index >= 15 is 0 Å². The van der Waals surface area contributed by atoms with Gasteiger partial charge in [0.15, 0.2) is 0 Å². The van der Waals surface area contributed by atoms with E-state index in [9.17, 15) is 15.0 Å². The number of ether oxygens (including phenoxy) is 1. The number of aliphatic hydroxyl groups is 2. The van der Waals surface area contributed by atoms with Crippen LogP contribution in [-0.2, 0) is 9.53 Å². The molecule has 2 aliphatic rings. The van der Waals surface area contributed by atoms with Crippen molar-refractivity contribution in [3.63, 3.8) is 0 Å². The lowest BCUT2D eigenvalue weighted by Gasteiger charge is -2.20. The monoisotopic (exact) mass is 242 g/mol. The topological polar surface area (TPSA) is 66.8 Å². The Morgan fingerprint density at radius 2 is 2.24 bits per heavy atom. The molecule has 0 aromatic rings. The van der Waals surface area contributed by atoms with Crippen LogP contribution in [0.3, 0.4) is 0 Å².